The van der Waals surface area contributed by atoms with Crippen LogP contribution in [0.25, 0.3) is 11.6 Å². The van der Waals surface area contributed by atoms with Crippen molar-refractivity contribution in [3.63, 3.8) is 0 Å². The molecule has 1 aromatic carbocycles. The normalized spacial score (nSPS) is 12.4. The molecule has 0 spiro atoms. The van der Waals surface area contributed by atoms with Gasteiger partial charge in [0.05, 0.1) is 12.5 Å². The number of amides is 1. The first-order valence-electron chi connectivity index (χ1n) is 8.56. The molecular formula is C19H16F3N5O2. The molecule has 2 N–H and O–H groups in total. The van der Waals surface area contributed by atoms with Crippen molar-refractivity contribution in [2.45, 2.75) is 25.6 Å². The molecule has 0 unspecified atom stereocenters. The van der Waals surface area contributed by atoms with Gasteiger partial charge in [0.2, 0.25) is 0 Å². The van der Waals surface area contributed by atoms with Gasteiger partial charge in [-0.15, -0.1) is 0 Å². The van der Waals surface area contributed by atoms with Gasteiger partial charge in [-0.2, -0.15) is 13.2 Å². The van der Waals surface area contributed by atoms with Gasteiger partial charge in [-0.05, 0) is 24.1 Å². The Morgan fingerprint density at radius 1 is 1.17 bits per heavy atom. The molecule has 1 amide bonds. The van der Waals surface area contributed by atoms with Crippen LogP contribution in [0, 0.1) is 0 Å². The number of carbonyl (C=O) groups excluding carboxylic acids is 1. The fourth-order valence-corrected chi connectivity index (χ4v) is 2.61. The van der Waals surface area contributed by atoms with Crippen LogP contribution in [0.1, 0.15) is 34.6 Å². The molecule has 3 rings (SSSR count). The summed E-state index contributed by atoms with van der Waals surface area (Å²) in [6, 6.07) is 7.88. The Balaban J connectivity index is 1.74. The van der Waals surface area contributed by atoms with Gasteiger partial charge in [-0.1, -0.05) is 24.3 Å². The number of hydrogen-bond acceptors (Lipinski definition) is 5. The number of halogens is 3. The fraction of sp³-hybridized carbons (Fsp3) is 0.211. The maximum atomic E-state index is 12.5. The number of nitrogens with zero attached hydrogens (tertiary/aromatic N) is 3. The molecule has 2 heterocycles. The Hall–Kier alpha value is -3.56. The third-order valence-corrected chi connectivity index (χ3v) is 3.98. The van der Waals surface area contributed by atoms with Crippen molar-refractivity contribution in [1.82, 2.24) is 25.3 Å². The lowest BCUT2D eigenvalue weighted by molar-refractivity contribution is -0.127. The summed E-state index contributed by atoms with van der Waals surface area (Å²) in [5, 5.41) is 2.67. The molecule has 150 valence electrons. The highest BCUT2D eigenvalue weighted by Gasteiger charge is 2.27. The van der Waals surface area contributed by atoms with E-state index in [1.54, 1.807) is 13.0 Å². The zero-order valence-electron chi connectivity index (χ0n) is 15.2. The van der Waals surface area contributed by atoms with Crippen LogP contribution in [0.2, 0.25) is 0 Å². The first-order chi connectivity index (χ1) is 13.7. The molecular weight excluding hydrogens is 387 g/mol. The number of nitrogens with one attached hydrogen (secondary N) is 2. The second kappa shape index (κ2) is 8.21. The molecule has 10 heteroatoms. The van der Waals surface area contributed by atoms with E-state index in [4.69, 9.17) is 0 Å². The Bertz CT molecular complexity index is 1050. The molecule has 0 aliphatic carbocycles. The van der Waals surface area contributed by atoms with Gasteiger partial charge in [0.15, 0.2) is 11.6 Å². The number of hydrogen-bond donors (Lipinski definition) is 2. The van der Waals surface area contributed by atoms with Crippen LogP contribution in [0.3, 0.4) is 0 Å². The maximum absolute atomic E-state index is 12.5. The summed E-state index contributed by atoms with van der Waals surface area (Å²) in [5.74, 6) is -0.403. The highest BCUT2D eigenvalue weighted by molar-refractivity contribution is 5.92. The third-order valence-electron chi connectivity index (χ3n) is 3.98. The SMILES string of the molecule is C[C@@H](NC(=O)c1cc(=O)[nH]c(-c2ncccn2)n1)c1ccc(CC(F)(F)F)cc1. The number of alkyl halides is 3. The lowest BCUT2D eigenvalue weighted by atomic mass is 10.0. The topological polar surface area (TPSA) is 101 Å². The summed E-state index contributed by atoms with van der Waals surface area (Å²) in [7, 11) is 0. The minimum absolute atomic E-state index is 0.0485. The van der Waals surface area contributed by atoms with E-state index in [1.807, 2.05) is 0 Å². The van der Waals surface area contributed by atoms with E-state index in [0.29, 0.717) is 5.56 Å². The first-order valence-corrected chi connectivity index (χ1v) is 8.56. The molecule has 3 aromatic rings. The summed E-state index contributed by atoms with van der Waals surface area (Å²) < 4.78 is 37.3. The molecule has 1 atom stereocenters. The molecule has 0 bridgehead atoms. The quantitative estimate of drug-likeness (QED) is 0.682. The van der Waals surface area contributed by atoms with E-state index < -0.39 is 30.1 Å². The molecule has 7 nitrogen and oxygen atoms in total. The van der Waals surface area contributed by atoms with E-state index in [9.17, 15) is 22.8 Å². The van der Waals surface area contributed by atoms with Crippen LogP contribution in [0.4, 0.5) is 13.2 Å². The average molecular weight is 403 g/mol. The summed E-state index contributed by atoms with van der Waals surface area (Å²) in [6.07, 6.45) is -2.36. The molecule has 2 aromatic heterocycles. The Morgan fingerprint density at radius 3 is 2.45 bits per heavy atom. The zero-order valence-corrected chi connectivity index (χ0v) is 15.2. The van der Waals surface area contributed by atoms with Crippen molar-refractivity contribution < 1.29 is 18.0 Å². The van der Waals surface area contributed by atoms with E-state index in [-0.39, 0.29) is 22.9 Å². The van der Waals surface area contributed by atoms with E-state index in [0.717, 1.165) is 6.07 Å². The number of benzene rings is 1. The largest absolute Gasteiger partial charge is 0.393 e. The Morgan fingerprint density at radius 2 is 1.83 bits per heavy atom. The highest BCUT2D eigenvalue weighted by Crippen LogP contribution is 2.22. The van der Waals surface area contributed by atoms with Gasteiger partial charge in [-0.25, -0.2) is 15.0 Å². The first kappa shape index (κ1) is 20.2. The van der Waals surface area contributed by atoms with Crippen molar-refractivity contribution in [2.24, 2.45) is 0 Å². The van der Waals surface area contributed by atoms with Crippen molar-refractivity contribution in [2.75, 3.05) is 0 Å². The monoisotopic (exact) mass is 403 g/mol. The van der Waals surface area contributed by atoms with Crippen LogP contribution in [0.15, 0.2) is 53.6 Å². The lowest BCUT2D eigenvalue weighted by Crippen LogP contribution is -2.29. The van der Waals surface area contributed by atoms with Crippen LogP contribution >= 0.6 is 0 Å². The average Bonchev–Trinajstić information content (AvgIpc) is 2.67. The van der Waals surface area contributed by atoms with Crippen LogP contribution in [-0.4, -0.2) is 32.0 Å². The van der Waals surface area contributed by atoms with E-state index in [2.05, 4.69) is 25.3 Å². The summed E-state index contributed by atoms with van der Waals surface area (Å²) in [4.78, 5) is 38.9. The van der Waals surface area contributed by atoms with Gasteiger partial charge in [0, 0.05) is 18.5 Å². The molecule has 0 fully saturated rings. The van der Waals surface area contributed by atoms with Crippen molar-refractivity contribution in [3.8, 4) is 11.6 Å². The molecule has 0 aliphatic heterocycles. The summed E-state index contributed by atoms with van der Waals surface area (Å²) >= 11 is 0. The second-order valence-electron chi connectivity index (χ2n) is 6.28. The summed E-state index contributed by atoms with van der Waals surface area (Å²) in [5.41, 5.74) is 0.0674. The van der Waals surface area contributed by atoms with Gasteiger partial charge in [0.25, 0.3) is 11.5 Å². The number of aromatic amines is 1. The van der Waals surface area contributed by atoms with Gasteiger partial charge < -0.3 is 10.3 Å². The fourth-order valence-electron chi connectivity index (χ4n) is 2.61. The Labute approximate surface area is 163 Å². The van der Waals surface area contributed by atoms with Gasteiger partial charge in [0.1, 0.15) is 5.69 Å². The minimum atomic E-state index is -4.28. The molecule has 0 aliphatic rings. The second-order valence-corrected chi connectivity index (χ2v) is 6.28. The number of aromatic nitrogens is 4. The molecule has 29 heavy (non-hydrogen) atoms. The van der Waals surface area contributed by atoms with E-state index in [1.165, 1.54) is 36.7 Å². The number of rotatable bonds is 5. The predicted octanol–water partition coefficient (Wildman–Crippen LogP) is 2.82. The smallest absolute Gasteiger partial charge is 0.344 e. The van der Waals surface area contributed by atoms with Gasteiger partial charge in [-0.3, -0.25) is 9.59 Å². The number of H-pyrrole nitrogens is 1. The minimum Gasteiger partial charge on any atom is -0.344 e. The Kier molecular flexibility index (Phi) is 5.71. The molecule has 0 saturated carbocycles. The van der Waals surface area contributed by atoms with Gasteiger partial charge >= 0.3 is 6.18 Å². The van der Waals surface area contributed by atoms with Crippen molar-refractivity contribution in [1.29, 1.82) is 0 Å². The van der Waals surface area contributed by atoms with Crippen molar-refractivity contribution in [3.05, 3.63) is 76.0 Å². The predicted molar refractivity (Wildman–Crippen MR) is 98.0 cm³/mol. The molecule has 0 radical (unpaired) electrons. The maximum Gasteiger partial charge on any atom is 0.393 e. The summed E-state index contributed by atoms with van der Waals surface area (Å²) in [6.45, 7) is 1.67. The lowest BCUT2D eigenvalue weighted by Gasteiger charge is -2.15. The standard InChI is InChI=1S/C19H16F3N5O2/c1-11(13-5-3-12(4-6-13)10-19(20,21)22)25-18(29)14-9-15(28)27-17(26-14)16-23-7-2-8-24-16/h2-9,11H,10H2,1H3,(H,25,29)(H,26,27,28)/t11-/m1/s1. The van der Waals surface area contributed by atoms with Crippen molar-refractivity contribution >= 4 is 5.91 Å². The highest BCUT2D eigenvalue weighted by atomic mass is 19.4. The number of carbonyl (C=O) groups is 1. The van der Waals surface area contributed by atoms with E-state index >= 15 is 0 Å². The molecule has 0 saturated heterocycles. The third kappa shape index (κ3) is 5.47. The zero-order chi connectivity index (χ0) is 21.0. The van der Waals surface area contributed by atoms with Crippen LogP contribution in [0.5, 0.6) is 0 Å². The van der Waals surface area contributed by atoms with Crippen LogP contribution in [-0.2, 0) is 6.42 Å². The van der Waals surface area contributed by atoms with Crippen LogP contribution < -0.4 is 10.9 Å².